The lowest BCUT2D eigenvalue weighted by Crippen LogP contribution is -2.43. The maximum absolute atomic E-state index is 12.9. The standard InChI is InChI=1S/C21H29NO6/c1-26-18-10-14-8-9-22(20(23)13-28-15-6-4-3-5-7-15)17(12-21(24)25)16(14)11-19(18)27-2/h10-11,15,17H,3-9,12-13H2,1-2H3,(H,24,25)/t17-/m1/s1. The van der Waals surface area contributed by atoms with Crippen molar-refractivity contribution in [2.75, 3.05) is 27.4 Å². The Morgan fingerprint density at radius 2 is 1.79 bits per heavy atom. The lowest BCUT2D eigenvalue weighted by Gasteiger charge is -2.37. The van der Waals surface area contributed by atoms with Crippen LogP contribution in [0.5, 0.6) is 11.5 Å². The molecule has 1 N–H and O–H groups in total. The maximum Gasteiger partial charge on any atom is 0.305 e. The first-order valence-corrected chi connectivity index (χ1v) is 9.91. The molecule has 154 valence electrons. The van der Waals surface area contributed by atoms with E-state index in [9.17, 15) is 14.7 Å². The van der Waals surface area contributed by atoms with E-state index >= 15 is 0 Å². The van der Waals surface area contributed by atoms with Gasteiger partial charge < -0.3 is 24.2 Å². The van der Waals surface area contributed by atoms with Crippen molar-refractivity contribution in [3.63, 3.8) is 0 Å². The first-order chi connectivity index (χ1) is 13.5. The molecule has 3 rings (SSSR count). The van der Waals surface area contributed by atoms with Crippen LogP contribution in [0.2, 0.25) is 0 Å². The molecule has 1 aliphatic carbocycles. The minimum Gasteiger partial charge on any atom is -0.493 e. The third kappa shape index (κ3) is 4.58. The van der Waals surface area contributed by atoms with Crippen LogP contribution in [0.1, 0.15) is 55.7 Å². The second-order valence-electron chi connectivity index (χ2n) is 7.43. The highest BCUT2D eigenvalue weighted by Gasteiger charge is 2.34. The van der Waals surface area contributed by atoms with Gasteiger partial charge in [-0.25, -0.2) is 0 Å². The van der Waals surface area contributed by atoms with Gasteiger partial charge in [-0.3, -0.25) is 9.59 Å². The van der Waals surface area contributed by atoms with Crippen LogP contribution in [0, 0.1) is 0 Å². The molecule has 1 amide bonds. The minimum atomic E-state index is -0.946. The van der Waals surface area contributed by atoms with Crippen LogP contribution in [-0.4, -0.2) is 55.4 Å². The van der Waals surface area contributed by atoms with Crippen LogP contribution in [0.25, 0.3) is 0 Å². The zero-order valence-corrected chi connectivity index (χ0v) is 16.6. The summed E-state index contributed by atoms with van der Waals surface area (Å²) in [6.07, 6.45) is 6.11. The molecule has 1 heterocycles. The van der Waals surface area contributed by atoms with E-state index in [0.29, 0.717) is 24.5 Å². The molecule has 2 aliphatic rings. The summed E-state index contributed by atoms with van der Waals surface area (Å²) >= 11 is 0. The second kappa shape index (κ2) is 9.28. The Morgan fingerprint density at radius 1 is 1.11 bits per heavy atom. The Kier molecular flexibility index (Phi) is 6.78. The normalized spacial score (nSPS) is 19.8. The molecule has 1 aromatic rings. The topological polar surface area (TPSA) is 85.3 Å². The summed E-state index contributed by atoms with van der Waals surface area (Å²) in [4.78, 5) is 26.0. The highest BCUT2D eigenvalue weighted by molar-refractivity contribution is 5.80. The summed E-state index contributed by atoms with van der Waals surface area (Å²) in [7, 11) is 3.11. The fraction of sp³-hybridized carbons (Fsp3) is 0.619. The molecule has 28 heavy (non-hydrogen) atoms. The Labute approximate surface area is 165 Å². The van der Waals surface area contributed by atoms with Gasteiger partial charge in [0.05, 0.1) is 32.8 Å². The maximum atomic E-state index is 12.9. The SMILES string of the molecule is COc1cc2c(cc1OC)[C@@H](CC(=O)O)N(C(=O)COC1CCCCC1)CC2. The smallest absolute Gasteiger partial charge is 0.305 e. The van der Waals surface area contributed by atoms with Gasteiger partial charge in [0.2, 0.25) is 5.91 Å². The molecule has 0 saturated heterocycles. The molecule has 1 atom stereocenters. The van der Waals surface area contributed by atoms with Gasteiger partial charge in [-0.2, -0.15) is 0 Å². The molecule has 0 radical (unpaired) electrons. The van der Waals surface area contributed by atoms with Gasteiger partial charge in [-0.1, -0.05) is 19.3 Å². The quantitative estimate of drug-likeness (QED) is 0.769. The zero-order chi connectivity index (χ0) is 20.1. The van der Waals surface area contributed by atoms with E-state index in [-0.39, 0.29) is 25.0 Å². The fourth-order valence-electron chi connectivity index (χ4n) is 4.22. The van der Waals surface area contributed by atoms with E-state index in [1.165, 1.54) is 6.42 Å². The molecule has 1 aromatic carbocycles. The van der Waals surface area contributed by atoms with Gasteiger partial charge in [0.1, 0.15) is 6.61 Å². The molecular formula is C21H29NO6. The average Bonchev–Trinajstić information content (AvgIpc) is 2.71. The van der Waals surface area contributed by atoms with Gasteiger partial charge in [0, 0.05) is 6.54 Å². The van der Waals surface area contributed by atoms with Crippen LogP contribution in [0.3, 0.4) is 0 Å². The van der Waals surface area contributed by atoms with Crippen molar-refractivity contribution in [3.8, 4) is 11.5 Å². The minimum absolute atomic E-state index is 0.00338. The molecule has 0 spiro atoms. The first kappa shape index (κ1) is 20.5. The zero-order valence-electron chi connectivity index (χ0n) is 16.6. The number of benzene rings is 1. The number of hydrogen-bond donors (Lipinski definition) is 1. The number of carboxylic acid groups (broad SMARTS) is 1. The van der Waals surface area contributed by atoms with Crippen molar-refractivity contribution >= 4 is 11.9 Å². The Bertz CT molecular complexity index is 713. The summed E-state index contributed by atoms with van der Waals surface area (Å²) in [5, 5.41) is 9.43. The van der Waals surface area contributed by atoms with E-state index in [2.05, 4.69) is 0 Å². The van der Waals surface area contributed by atoms with E-state index in [1.54, 1.807) is 25.2 Å². The number of carboxylic acids is 1. The summed E-state index contributed by atoms with van der Waals surface area (Å²) in [6, 6.07) is 3.13. The summed E-state index contributed by atoms with van der Waals surface area (Å²) in [5.74, 6) is 0.0380. The van der Waals surface area contributed by atoms with E-state index < -0.39 is 12.0 Å². The number of hydrogen-bond acceptors (Lipinski definition) is 5. The number of rotatable bonds is 7. The van der Waals surface area contributed by atoms with Gasteiger partial charge in [-0.05, 0) is 42.5 Å². The van der Waals surface area contributed by atoms with Gasteiger partial charge in [-0.15, -0.1) is 0 Å². The Balaban J connectivity index is 1.79. The largest absolute Gasteiger partial charge is 0.493 e. The van der Waals surface area contributed by atoms with Crippen molar-refractivity contribution in [2.24, 2.45) is 0 Å². The summed E-state index contributed by atoms with van der Waals surface area (Å²) in [6.45, 7) is 0.469. The highest BCUT2D eigenvalue weighted by atomic mass is 16.5. The molecule has 1 fully saturated rings. The number of carbonyl (C=O) groups excluding carboxylic acids is 1. The molecular weight excluding hydrogens is 362 g/mol. The first-order valence-electron chi connectivity index (χ1n) is 9.91. The molecule has 7 heteroatoms. The number of methoxy groups -OCH3 is 2. The summed E-state index contributed by atoms with van der Waals surface area (Å²) < 4.78 is 16.6. The van der Waals surface area contributed by atoms with Crippen molar-refractivity contribution < 1.29 is 28.9 Å². The number of aliphatic carboxylic acids is 1. The number of carbonyl (C=O) groups is 2. The van der Waals surface area contributed by atoms with Crippen molar-refractivity contribution in [3.05, 3.63) is 23.3 Å². The van der Waals surface area contributed by atoms with Gasteiger partial charge in [0.15, 0.2) is 11.5 Å². The lowest BCUT2D eigenvalue weighted by atomic mass is 9.90. The lowest BCUT2D eigenvalue weighted by molar-refractivity contribution is -0.145. The molecule has 0 unspecified atom stereocenters. The van der Waals surface area contributed by atoms with Crippen molar-refractivity contribution in [2.45, 2.75) is 57.1 Å². The van der Waals surface area contributed by atoms with Crippen LogP contribution >= 0.6 is 0 Å². The second-order valence-corrected chi connectivity index (χ2v) is 7.43. The van der Waals surface area contributed by atoms with E-state index in [0.717, 1.165) is 36.8 Å². The van der Waals surface area contributed by atoms with Crippen LogP contribution in [0.4, 0.5) is 0 Å². The van der Waals surface area contributed by atoms with E-state index in [4.69, 9.17) is 14.2 Å². The number of nitrogens with zero attached hydrogens (tertiary/aromatic N) is 1. The average molecular weight is 391 g/mol. The Hall–Kier alpha value is -2.28. The van der Waals surface area contributed by atoms with Crippen molar-refractivity contribution in [1.29, 1.82) is 0 Å². The molecule has 1 saturated carbocycles. The summed E-state index contributed by atoms with van der Waals surface area (Å²) in [5.41, 5.74) is 1.79. The van der Waals surface area contributed by atoms with Crippen LogP contribution in [-0.2, 0) is 20.7 Å². The number of ether oxygens (including phenoxy) is 3. The third-order valence-corrected chi connectivity index (χ3v) is 5.69. The van der Waals surface area contributed by atoms with Gasteiger partial charge >= 0.3 is 5.97 Å². The molecule has 7 nitrogen and oxygen atoms in total. The predicted molar refractivity (Wildman–Crippen MR) is 103 cm³/mol. The van der Waals surface area contributed by atoms with Crippen LogP contribution < -0.4 is 9.47 Å². The van der Waals surface area contributed by atoms with Gasteiger partial charge in [0.25, 0.3) is 0 Å². The van der Waals surface area contributed by atoms with Crippen LogP contribution in [0.15, 0.2) is 12.1 Å². The monoisotopic (exact) mass is 391 g/mol. The molecule has 0 bridgehead atoms. The fourth-order valence-corrected chi connectivity index (χ4v) is 4.22. The van der Waals surface area contributed by atoms with Crippen molar-refractivity contribution in [1.82, 2.24) is 4.90 Å². The van der Waals surface area contributed by atoms with E-state index in [1.807, 2.05) is 6.07 Å². The number of amides is 1. The predicted octanol–water partition coefficient (Wildman–Crippen LogP) is 2.95. The number of fused-ring (bicyclic) bond motifs is 1. The molecule has 1 aliphatic heterocycles. The molecule has 0 aromatic heterocycles. The third-order valence-electron chi connectivity index (χ3n) is 5.69. The Morgan fingerprint density at radius 3 is 2.43 bits per heavy atom. The highest BCUT2D eigenvalue weighted by Crippen LogP contribution is 2.39.